The maximum Gasteiger partial charge on any atom is 0.200 e. The number of rotatable bonds is 3. The molecular formula is C23H23ClN2O. The second-order valence-electron chi connectivity index (χ2n) is 7.81. The van der Waals surface area contributed by atoms with Gasteiger partial charge in [0, 0.05) is 22.7 Å². The second kappa shape index (κ2) is 6.81. The van der Waals surface area contributed by atoms with Crippen molar-refractivity contribution in [2.24, 2.45) is 0 Å². The van der Waals surface area contributed by atoms with Gasteiger partial charge in [-0.25, -0.2) is 4.98 Å². The minimum atomic E-state index is 0.271. The minimum Gasteiger partial charge on any atom is -0.440 e. The molecule has 2 fully saturated rings. The molecule has 1 aromatic heterocycles. The molecule has 2 aliphatic rings. The number of aromatic nitrogens is 1. The van der Waals surface area contributed by atoms with Crippen molar-refractivity contribution in [3.63, 3.8) is 0 Å². The molecular weight excluding hydrogens is 356 g/mol. The fourth-order valence-electron chi connectivity index (χ4n) is 5.03. The van der Waals surface area contributed by atoms with Gasteiger partial charge in [-0.3, -0.25) is 4.90 Å². The van der Waals surface area contributed by atoms with E-state index in [1.807, 2.05) is 36.5 Å². The monoisotopic (exact) mass is 378 g/mol. The van der Waals surface area contributed by atoms with Gasteiger partial charge in [-0.15, -0.1) is 0 Å². The molecule has 138 valence electrons. The van der Waals surface area contributed by atoms with Crippen LogP contribution >= 0.6 is 11.6 Å². The molecule has 0 amide bonds. The van der Waals surface area contributed by atoms with E-state index in [0.717, 1.165) is 28.7 Å². The number of halogens is 1. The van der Waals surface area contributed by atoms with E-state index in [2.05, 4.69) is 36.2 Å². The molecule has 3 aromatic rings. The molecule has 0 spiro atoms. The Morgan fingerprint density at radius 2 is 1.81 bits per heavy atom. The van der Waals surface area contributed by atoms with E-state index in [0.29, 0.717) is 18.0 Å². The standard InChI is InChI=1S/C23H23ClN2O/c1-26-18-11-12-20(26)22(19(13-18)15-7-9-17(24)10-8-15)23-25-14-21(27-23)16-5-3-2-4-6-16/h2-10,14,18-20,22H,11-13H2,1H3. The Bertz CT molecular complexity index is 921. The maximum absolute atomic E-state index is 6.32. The average molecular weight is 379 g/mol. The first-order valence-electron chi connectivity index (χ1n) is 9.69. The van der Waals surface area contributed by atoms with Gasteiger partial charge in [-0.2, -0.15) is 0 Å². The van der Waals surface area contributed by atoms with Crippen LogP contribution in [0.2, 0.25) is 5.02 Å². The molecule has 3 nitrogen and oxygen atoms in total. The van der Waals surface area contributed by atoms with E-state index < -0.39 is 0 Å². The van der Waals surface area contributed by atoms with Gasteiger partial charge in [0.25, 0.3) is 0 Å². The Kier molecular flexibility index (Phi) is 4.30. The summed E-state index contributed by atoms with van der Waals surface area (Å²) in [4.78, 5) is 7.29. The molecule has 0 radical (unpaired) electrons. The first-order valence-corrected chi connectivity index (χ1v) is 10.1. The molecule has 2 bridgehead atoms. The molecule has 2 saturated heterocycles. The normalized spacial score (nSPS) is 27.8. The number of hydrogen-bond acceptors (Lipinski definition) is 3. The predicted molar refractivity (Wildman–Crippen MR) is 108 cm³/mol. The smallest absolute Gasteiger partial charge is 0.200 e. The Hall–Kier alpha value is -2.10. The largest absolute Gasteiger partial charge is 0.440 e. The van der Waals surface area contributed by atoms with Crippen LogP contribution in [0.15, 0.2) is 65.2 Å². The summed E-state index contributed by atoms with van der Waals surface area (Å²) < 4.78 is 6.32. The van der Waals surface area contributed by atoms with Crippen LogP contribution in [0.25, 0.3) is 11.3 Å². The molecule has 0 N–H and O–H groups in total. The van der Waals surface area contributed by atoms with E-state index in [1.54, 1.807) is 0 Å². The van der Waals surface area contributed by atoms with Crippen molar-refractivity contribution in [3.05, 3.63) is 77.3 Å². The summed E-state index contributed by atoms with van der Waals surface area (Å²) in [5, 5.41) is 0.786. The summed E-state index contributed by atoms with van der Waals surface area (Å²) >= 11 is 6.13. The van der Waals surface area contributed by atoms with Gasteiger partial charge in [0.2, 0.25) is 0 Å². The van der Waals surface area contributed by atoms with Crippen molar-refractivity contribution in [3.8, 4) is 11.3 Å². The molecule has 27 heavy (non-hydrogen) atoms. The van der Waals surface area contributed by atoms with Crippen LogP contribution in [0.1, 0.15) is 42.6 Å². The van der Waals surface area contributed by atoms with Crippen molar-refractivity contribution < 1.29 is 4.42 Å². The van der Waals surface area contributed by atoms with Crippen LogP contribution in [0.4, 0.5) is 0 Å². The Labute approximate surface area is 165 Å². The Morgan fingerprint density at radius 3 is 2.59 bits per heavy atom. The first-order chi connectivity index (χ1) is 13.2. The van der Waals surface area contributed by atoms with Gasteiger partial charge < -0.3 is 4.42 Å². The molecule has 4 heteroatoms. The SMILES string of the molecule is CN1C2CCC1C(c1ncc(-c3ccccc3)o1)C(c1ccc(Cl)cc1)C2. The highest BCUT2D eigenvalue weighted by Crippen LogP contribution is 2.51. The summed E-state index contributed by atoms with van der Waals surface area (Å²) in [6, 6.07) is 19.7. The zero-order valence-electron chi connectivity index (χ0n) is 15.4. The fraction of sp³-hybridized carbons (Fsp3) is 0.348. The fourth-order valence-corrected chi connectivity index (χ4v) is 5.16. The molecule has 0 aliphatic carbocycles. The zero-order valence-corrected chi connectivity index (χ0v) is 16.1. The summed E-state index contributed by atoms with van der Waals surface area (Å²) in [5.41, 5.74) is 2.42. The molecule has 4 atom stereocenters. The van der Waals surface area contributed by atoms with Gasteiger partial charge in [-0.05, 0) is 49.9 Å². The van der Waals surface area contributed by atoms with E-state index in [4.69, 9.17) is 21.0 Å². The Balaban J connectivity index is 1.54. The van der Waals surface area contributed by atoms with Crippen molar-refractivity contribution >= 4 is 11.6 Å². The van der Waals surface area contributed by atoms with Crippen LogP contribution in [0.3, 0.4) is 0 Å². The van der Waals surface area contributed by atoms with Crippen LogP contribution in [-0.2, 0) is 0 Å². The molecule has 2 aromatic carbocycles. The number of nitrogens with zero attached hydrogens (tertiary/aromatic N) is 2. The quantitative estimate of drug-likeness (QED) is 0.582. The zero-order chi connectivity index (χ0) is 18.4. The molecule has 2 aliphatic heterocycles. The highest BCUT2D eigenvalue weighted by atomic mass is 35.5. The van der Waals surface area contributed by atoms with Gasteiger partial charge in [0.15, 0.2) is 11.7 Å². The van der Waals surface area contributed by atoms with Gasteiger partial charge in [-0.1, -0.05) is 54.1 Å². The number of likely N-dealkylation sites (N-methyl/N-ethyl adjacent to an activating group) is 1. The predicted octanol–water partition coefficient (Wildman–Crippen LogP) is 5.73. The van der Waals surface area contributed by atoms with Crippen molar-refractivity contribution in [2.75, 3.05) is 7.05 Å². The van der Waals surface area contributed by atoms with Gasteiger partial charge >= 0.3 is 0 Å². The second-order valence-corrected chi connectivity index (χ2v) is 8.25. The molecule has 4 unspecified atom stereocenters. The van der Waals surface area contributed by atoms with E-state index >= 15 is 0 Å². The molecule has 0 saturated carbocycles. The average Bonchev–Trinajstić information content (AvgIpc) is 3.26. The summed E-state index contributed by atoms with van der Waals surface area (Å²) in [7, 11) is 2.26. The van der Waals surface area contributed by atoms with Crippen LogP contribution in [-0.4, -0.2) is 29.0 Å². The van der Waals surface area contributed by atoms with Crippen molar-refractivity contribution in [1.29, 1.82) is 0 Å². The van der Waals surface area contributed by atoms with E-state index in [9.17, 15) is 0 Å². The molecule has 3 heterocycles. The summed E-state index contributed by atoms with van der Waals surface area (Å²) in [6.45, 7) is 0. The minimum absolute atomic E-state index is 0.271. The highest BCUT2D eigenvalue weighted by Gasteiger charge is 2.48. The van der Waals surface area contributed by atoms with Crippen LogP contribution < -0.4 is 0 Å². The lowest BCUT2D eigenvalue weighted by molar-refractivity contribution is 0.124. The lowest BCUT2D eigenvalue weighted by atomic mass is 9.76. The van der Waals surface area contributed by atoms with Crippen LogP contribution in [0.5, 0.6) is 0 Å². The number of benzene rings is 2. The third kappa shape index (κ3) is 2.99. The van der Waals surface area contributed by atoms with Gasteiger partial charge in [0.05, 0.1) is 12.1 Å². The van der Waals surface area contributed by atoms with Crippen molar-refractivity contribution in [2.45, 2.75) is 43.2 Å². The lowest BCUT2D eigenvalue weighted by Gasteiger charge is -2.41. The molecule has 5 rings (SSSR count). The summed E-state index contributed by atoms with van der Waals surface area (Å²) in [5.74, 6) is 2.40. The third-order valence-electron chi connectivity index (χ3n) is 6.43. The lowest BCUT2D eigenvalue weighted by Crippen LogP contribution is -2.44. The highest BCUT2D eigenvalue weighted by molar-refractivity contribution is 6.30. The third-order valence-corrected chi connectivity index (χ3v) is 6.69. The van der Waals surface area contributed by atoms with Crippen LogP contribution in [0, 0.1) is 0 Å². The number of fused-ring (bicyclic) bond motifs is 2. The summed E-state index contributed by atoms with van der Waals surface area (Å²) in [6.07, 6.45) is 5.49. The number of piperidine rings is 1. The first kappa shape index (κ1) is 17.0. The van der Waals surface area contributed by atoms with Crippen molar-refractivity contribution in [1.82, 2.24) is 9.88 Å². The van der Waals surface area contributed by atoms with E-state index in [1.165, 1.54) is 18.4 Å². The van der Waals surface area contributed by atoms with Gasteiger partial charge in [0.1, 0.15) is 0 Å². The number of hydrogen-bond donors (Lipinski definition) is 0. The topological polar surface area (TPSA) is 29.3 Å². The maximum atomic E-state index is 6.32. The Morgan fingerprint density at radius 1 is 1.04 bits per heavy atom. The number of oxazole rings is 1. The van der Waals surface area contributed by atoms with E-state index in [-0.39, 0.29) is 5.92 Å².